The lowest BCUT2D eigenvalue weighted by Crippen LogP contribution is -2.22. The number of nitrogens with zero attached hydrogens (tertiary/aromatic N) is 1. The Bertz CT molecular complexity index is 323. The molecule has 0 aromatic carbocycles. The van der Waals surface area contributed by atoms with Gasteiger partial charge < -0.3 is 16.4 Å². The van der Waals surface area contributed by atoms with E-state index in [-0.39, 0.29) is 12.5 Å². The molecule has 0 unspecified atom stereocenters. The Labute approximate surface area is 95.4 Å². The third kappa shape index (κ3) is 4.27. The van der Waals surface area contributed by atoms with E-state index in [4.69, 9.17) is 5.73 Å². The highest BCUT2D eigenvalue weighted by molar-refractivity contribution is 5.91. The van der Waals surface area contributed by atoms with Crippen LogP contribution in [0.25, 0.3) is 0 Å². The predicted molar refractivity (Wildman–Crippen MR) is 65.3 cm³/mol. The van der Waals surface area contributed by atoms with Gasteiger partial charge in [-0.15, -0.1) is 0 Å². The fourth-order valence-corrected chi connectivity index (χ4v) is 1.18. The first-order valence-corrected chi connectivity index (χ1v) is 5.46. The third-order valence-electron chi connectivity index (χ3n) is 2.08. The van der Waals surface area contributed by atoms with Gasteiger partial charge in [0.25, 0.3) is 0 Å². The highest BCUT2D eigenvalue weighted by Gasteiger charge is 1.99. The first-order chi connectivity index (χ1) is 7.76. The maximum Gasteiger partial charge on any atom is 0.239 e. The zero-order chi connectivity index (χ0) is 11.8. The molecule has 5 heteroatoms. The molecule has 0 radical (unpaired) electrons. The summed E-state index contributed by atoms with van der Waals surface area (Å²) in [5.74, 6) is 0.288. The van der Waals surface area contributed by atoms with Gasteiger partial charge in [0.05, 0.1) is 18.4 Å². The van der Waals surface area contributed by atoms with Gasteiger partial charge in [0.15, 0.2) is 0 Å². The minimum atomic E-state index is -0.237. The smallest absolute Gasteiger partial charge is 0.239 e. The van der Waals surface area contributed by atoms with Gasteiger partial charge >= 0.3 is 0 Å². The van der Waals surface area contributed by atoms with Crippen LogP contribution < -0.4 is 16.4 Å². The van der Waals surface area contributed by atoms with Crippen LogP contribution in [-0.2, 0) is 4.79 Å². The summed E-state index contributed by atoms with van der Waals surface area (Å²) in [6.07, 6.45) is 3.98. The zero-order valence-electron chi connectivity index (χ0n) is 9.49. The molecule has 4 N–H and O–H groups in total. The van der Waals surface area contributed by atoms with E-state index >= 15 is 0 Å². The second-order valence-electron chi connectivity index (χ2n) is 3.46. The van der Waals surface area contributed by atoms with Gasteiger partial charge in [0.1, 0.15) is 5.82 Å². The SMILES string of the molecule is CCCCNc1ccc(NC(=O)CN)nc1. The lowest BCUT2D eigenvalue weighted by molar-refractivity contribution is -0.114. The van der Waals surface area contributed by atoms with E-state index < -0.39 is 0 Å². The molecule has 1 aromatic heterocycles. The molecule has 1 rings (SSSR count). The van der Waals surface area contributed by atoms with Crippen molar-refractivity contribution in [3.63, 3.8) is 0 Å². The van der Waals surface area contributed by atoms with Crippen molar-refractivity contribution in [2.24, 2.45) is 5.73 Å². The van der Waals surface area contributed by atoms with Gasteiger partial charge in [-0.25, -0.2) is 4.98 Å². The van der Waals surface area contributed by atoms with E-state index in [9.17, 15) is 4.79 Å². The van der Waals surface area contributed by atoms with Crippen molar-refractivity contribution in [2.75, 3.05) is 23.7 Å². The topological polar surface area (TPSA) is 80.0 Å². The Balaban J connectivity index is 2.44. The normalized spacial score (nSPS) is 9.88. The molecule has 0 aliphatic rings. The summed E-state index contributed by atoms with van der Waals surface area (Å²) in [5.41, 5.74) is 6.14. The van der Waals surface area contributed by atoms with Gasteiger partial charge in [-0.1, -0.05) is 13.3 Å². The molecule has 0 aliphatic carbocycles. The van der Waals surface area contributed by atoms with Crippen LogP contribution in [0.2, 0.25) is 0 Å². The highest BCUT2D eigenvalue weighted by atomic mass is 16.1. The minimum absolute atomic E-state index is 0.0296. The predicted octanol–water partition coefficient (Wildman–Crippen LogP) is 1.19. The number of unbranched alkanes of at least 4 members (excludes halogenated alkanes) is 1. The number of rotatable bonds is 6. The molecule has 0 aliphatic heterocycles. The number of anilines is 2. The zero-order valence-corrected chi connectivity index (χ0v) is 9.49. The fourth-order valence-electron chi connectivity index (χ4n) is 1.18. The Morgan fingerprint density at radius 1 is 1.50 bits per heavy atom. The minimum Gasteiger partial charge on any atom is -0.384 e. The van der Waals surface area contributed by atoms with Crippen molar-refractivity contribution >= 4 is 17.4 Å². The lowest BCUT2D eigenvalue weighted by Gasteiger charge is -2.06. The molecule has 0 bridgehead atoms. The molecule has 0 spiro atoms. The van der Waals surface area contributed by atoms with Gasteiger partial charge in [-0.2, -0.15) is 0 Å². The molecule has 5 nitrogen and oxygen atoms in total. The lowest BCUT2D eigenvalue weighted by atomic mass is 10.3. The van der Waals surface area contributed by atoms with Crippen LogP contribution in [0.3, 0.4) is 0 Å². The first kappa shape index (κ1) is 12.4. The number of nitrogens with one attached hydrogen (secondary N) is 2. The van der Waals surface area contributed by atoms with E-state index in [2.05, 4.69) is 22.5 Å². The van der Waals surface area contributed by atoms with Gasteiger partial charge in [0.2, 0.25) is 5.91 Å². The van der Waals surface area contributed by atoms with Crippen molar-refractivity contribution in [2.45, 2.75) is 19.8 Å². The summed E-state index contributed by atoms with van der Waals surface area (Å²) in [6, 6.07) is 3.64. The number of hydrogen-bond donors (Lipinski definition) is 3. The summed E-state index contributed by atoms with van der Waals surface area (Å²) < 4.78 is 0. The van der Waals surface area contributed by atoms with Gasteiger partial charge in [-0.3, -0.25) is 4.79 Å². The average Bonchev–Trinajstić information content (AvgIpc) is 2.31. The largest absolute Gasteiger partial charge is 0.384 e. The molecular weight excluding hydrogens is 204 g/mol. The average molecular weight is 222 g/mol. The Hall–Kier alpha value is -1.62. The molecule has 88 valence electrons. The monoisotopic (exact) mass is 222 g/mol. The molecule has 1 aromatic rings. The number of amides is 1. The van der Waals surface area contributed by atoms with Crippen molar-refractivity contribution in [1.82, 2.24) is 4.98 Å². The number of pyridine rings is 1. The Morgan fingerprint density at radius 3 is 2.88 bits per heavy atom. The molecule has 16 heavy (non-hydrogen) atoms. The first-order valence-electron chi connectivity index (χ1n) is 5.46. The van der Waals surface area contributed by atoms with Crippen LogP contribution in [0.1, 0.15) is 19.8 Å². The van der Waals surface area contributed by atoms with Crippen LogP contribution in [0.4, 0.5) is 11.5 Å². The van der Waals surface area contributed by atoms with Gasteiger partial charge in [-0.05, 0) is 18.6 Å². The second-order valence-corrected chi connectivity index (χ2v) is 3.46. The third-order valence-corrected chi connectivity index (χ3v) is 2.08. The van der Waals surface area contributed by atoms with Crippen molar-refractivity contribution in [3.8, 4) is 0 Å². The number of nitrogens with two attached hydrogens (primary N) is 1. The number of carbonyl (C=O) groups excluding carboxylic acids is 1. The Kier molecular flexibility index (Phi) is 5.28. The van der Waals surface area contributed by atoms with Crippen LogP contribution >= 0.6 is 0 Å². The fraction of sp³-hybridized carbons (Fsp3) is 0.455. The number of hydrogen-bond acceptors (Lipinski definition) is 4. The maximum atomic E-state index is 11.0. The maximum absolute atomic E-state index is 11.0. The van der Waals surface area contributed by atoms with E-state index in [0.29, 0.717) is 5.82 Å². The number of carbonyl (C=O) groups is 1. The van der Waals surface area contributed by atoms with Crippen LogP contribution in [0.15, 0.2) is 18.3 Å². The van der Waals surface area contributed by atoms with Crippen molar-refractivity contribution < 1.29 is 4.79 Å². The summed E-state index contributed by atoms with van der Waals surface area (Å²) in [7, 11) is 0. The molecule has 0 saturated heterocycles. The van der Waals surface area contributed by atoms with E-state index in [1.807, 2.05) is 6.07 Å². The summed E-state index contributed by atoms with van der Waals surface area (Å²) in [6.45, 7) is 3.05. The quantitative estimate of drug-likeness (QED) is 0.632. The Morgan fingerprint density at radius 2 is 2.31 bits per heavy atom. The van der Waals surface area contributed by atoms with Crippen LogP contribution in [-0.4, -0.2) is 24.0 Å². The van der Waals surface area contributed by atoms with E-state index in [0.717, 1.165) is 25.1 Å². The van der Waals surface area contributed by atoms with Crippen LogP contribution in [0, 0.1) is 0 Å². The molecule has 0 fully saturated rings. The second kappa shape index (κ2) is 6.79. The standard InChI is InChI=1S/C11H18N4O/c1-2-3-6-13-9-4-5-10(14-8-9)15-11(16)7-12/h4-5,8,13H,2-3,6-7,12H2,1H3,(H,14,15,16). The van der Waals surface area contributed by atoms with Crippen LogP contribution in [0.5, 0.6) is 0 Å². The van der Waals surface area contributed by atoms with Gasteiger partial charge in [0, 0.05) is 6.54 Å². The molecule has 0 atom stereocenters. The molecular formula is C11H18N4O. The summed E-state index contributed by atoms with van der Waals surface area (Å²) in [4.78, 5) is 15.1. The summed E-state index contributed by atoms with van der Waals surface area (Å²) in [5, 5.41) is 5.82. The summed E-state index contributed by atoms with van der Waals surface area (Å²) >= 11 is 0. The number of aromatic nitrogens is 1. The van der Waals surface area contributed by atoms with E-state index in [1.54, 1.807) is 12.3 Å². The van der Waals surface area contributed by atoms with Crippen molar-refractivity contribution in [1.29, 1.82) is 0 Å². The van der Waals surface area contributed by atoms with E-state index in [1.165, 1.54) is 0 Å². The molecule has 0 saturated carbocycles. The van der Waals surface area contributed by atoms with Crippen molar-refractivity contribution in [3.05, 3.63) is 18.3 Å². The molecule has 1 heterocycles. The highest BCUT2D eigenvalue weighted by Crippen LogP contribution is 2.09. The molecule has 1 amide bonds.